The molecule has 1 unspecified atom stereocenters. The number of carbonyl (C=O) groups is 1. The quantitative estimate of drug-likeness (QED) is 0.701. The van der Waals surface area contributed by atoms with Crippen LogP contribution in [0.1, 0.15) is 10.5 Å². The van der Waals surface area contributed by atoms with E-state index in [2.05, 4.69) is 4.98 Å². The molecular formula is C11H10ClN3O2. The minimum Gasteiger partial charge on any atom is -0.360 e. The van der Waals surface area contributed by atoms with Crippen molar-refractivity contribution in [3.05, 3.63) is 29.0 Å². The van der Waals surface area contributed by atoms with E-state index >= 15 is 0 Å². The van der Waals surface area contributed by atoms with Gasteiger partial charge in [-0.1, -0.05) is 17.7 Å². The molecule has 0 spiro atoms. The summed E-state index contributed by atoms with van der Waals surface area (Å²) in [6, 6.07) is 6.87. The summed E-state index contributed by atoms with van der Waals surface area (Å²) < 4.78 is 5.17. The minimum absolute atomic E-state index is 0.226. The van der Waals surface area contributed by atoms with E-state index in [1.54, 1.807) is 23.1 Å². The van der Waals surface area contributed by atoms with Crippen LogP contribution in [0.15, 0.2) is 18.2 Å². The van der Waals surface area contributed by atoms with Gasteiger partial charge in [-0.25, -0.2) is 4.98 Å². The van der Waals surface area contributed by atoms with Gasteiger partial charge >= 0.3 is 0 Å². The number of amides is 1. The molecule has 1 saturated heterocycles. The highest BCUT2D eigenvalue weighted by molar-refractivity contribution is 6.29. The average Bonchev–Trinajstić information content (AvgIpc) is 2.38. The van der Waals surface area contributed by atoms with Gasteiger partial charge in [0, 0.05) is 6.54 Å². The van der Waals surface area contributed by atoms with E-state index in [-0.39, 0.29) is 23.3 Å². The Labute approximate surface area is 104 Å². The fourth-order valence-electron chi connectivity index (χ4n) is 1.60. The Morgan fingerprint density at radius 1 is 1.65 bits per heavy atom. The highest BCUT2D eigenvalue weighted by atomic mass is 35.5. The fraction of sp³-hybridized carbons (Fsp3) is 0.364. The third kappa shape index (κ3) is 2.73. The maximum absolute atomic E-state index is 12.1. The van der Waals surface area contributed by atoms with Gasteiger partial charge in [0.05, 0.1) is 19.2 Å². The van der Waals surface area contributed by atoms with E-state index < -0.39 is 6.10 Å². The van der Waals surface area contributed by atoms with Crippen LogP contribution in [0, 0.1) is 11.3 Å². The van der Waals surface area contributed by atoms with Crippen molar-refractivity contribution in [1.29, 1.82) is 5.26 Å². The summed E-state index contributed by atoms with van der Waals surface area (Å²) in [6.45, 7) is 1.10. The zero-order valence-corrected chi connectivity index (χ0v) is 9.72. The lowest BCUT2D eigenvalue weighted by Gasteiger charge is -2.29. The van der Waals surface area contributed by atoms with Crippen LogP contribution in [0.5, 0.6) is 0 Å². The molecule has 1 aliphatic heterocycles. The van der Waals surface area contributed by atoms with E-state index in [9.17, 15) is 4.79 Å². The van der Waals surface area contributed by atoms with Gasteiger partial charge in [-0.15, -0.1) is 0 Å². The Hall–Kier alpha value is -1.64. The number of nitrogens with zero attached hydrogens (tertiary/aromatic N) is 3. The zero-order valence-electron chi connectivity index (χ0n) is 8.97. The van der Waals surface area contributed by atoms with Crippen molar-refractivity contribution in [1.82, 2.24) is 9.88 Å². The van der Waals surface area contributed by atoms with Gasteiger partial charge in [-0.2, -0.15) is 5.26 Å². The van der Waals surface area contributed by atoms with Crippen molar-refractivity contribution in [3.8, 4) is 6.07 Å². The Morgan fingerprint density at radius 3 is 3.18 bits per heavy atom. The molecule has 17 heavy (non-hydrogen) atoms. The first-order valence-corrected chi connectivity index (χ1v) is 5.51. The average molecular weight is 252 g/mol. The summed E-state index contributed by atoms with van der Waals surface area (Å²) in [5, 5.41) is 9.03. The Kier molecular flexibility index (Phi) is 3.57. The van der Waals surface area contributed by atoms with Gasteiger partial charge in [-0.05, 0) is 12.1 Å². The van der Waals surface area contributed by atoms with E-state index in [1.807, 2.05) is 6.07 Å². The molecule has 1 amide bonds. The topological polar surface area (TPSA) is 66.2 Å². The molecule has 5 nitrogen and oxygen atoms in total. The predicted molar refractivity (Wildman–Crippen MR) is 60.5 cm³/mol. The predicted octanol–water partition coefficient (Wildman–Crippen LogP) is 1.10. The second kappa shape index (κ2) is 5.13. The summed E-state index contributed by atoms with van der Waals surface area (Å²) in [7, 11) is 0. The van der Waals surface area contributed by atoms with Crippen molar-refractivity contribution in [3.63, 3.8) is 0 Å². The van der Waals surface area contributed by atoms with Crippen LogP contribution < -0.4 is 0 Å². The van der Waals surface area contributed by atoms with E-state index in [4.69, 9.17) is 21.6 Å². The van der Waals surface area contributed by atoms with Gasteiger partial charge in [-0.3, -0.25) is 4.79 Å². The smallest absolute Gasteiger partial charge is 0.272 e. The summed E-state index contributed by atoms with van der Waals surface area (Å²) in [5.41, 5.74) is 0.288. The fourth-order valence-corrected chi connectivity index (χ4v) is 1.77. The molecule has 0 aromatic carbocycles. The van der Waals surface area contributed by atoms with Gasteiger partial charge in [0.2, 0.25) is 0 Å². The highest BCUT2D eigenvalue weighted by Crippen LogP contribution is 2.11. The highest BCUT2D eigenvalue weighted by Gasteiger charge is 2.25. The van der Waals surface area contributed by atoms with Crippen LogP contribution >= 0.6 is 11.6 Å². The number of morpholine rings is 1. The molecule has 0 aliphatic carbocycles. The van der Waals surface area contributed by atoms with E-state index in [0.29, 0.717) is 13.2 Å². The summed E-state index contributed by atoms with van der Waals surface area (Å²) in [5.74, 6) is -0.226. The first kappa shape index (κ1) is 11.8. The van der Waals surface area contributed by atoms with E-state index in [0.717, 1.165) is 0 Å². The first-order valence-electron chi connectivity index (χ1n) is 5.14. The van der Waals surface area contributed by atoms with Crippen LogP contribution in [0.25, 0.3) is 0 Å². The molecule has 0 radical (unpaired) electrons. The van der Waals surface area contributed by atoms with Crippen molar-refractivity contribution < 1.29 is 9.53 Å². The molecule has 2 heterocycles. The Balaban J connectivity index is 2.12. The third-order valence-corrected chi connectivity index (χ3v) is 2.64. The number of rotatable bonds is 1. The number of pyridine rings is 1. The minimum atomic E-state index is -0.563. The standard InChI is InChI=1S/C11H10ClN3O2/c12-10-3-1-2-9(14-10)11(16)15-4-5-17-8(6-13)7-15/h1-3,8H,4-5,7H2. The lowest BCUT2D eigenvalue weighted by Crippen LogP contribution is -2.45. The van der Waals surface area contributed by atoms with Crippen LogP contribution in [-0.2, 0) is 4.74 Å². The molecule has 1 fully saturated rings. The monoisotopic (exact) mass is 251 g/mol. The molecular weight excluding hydrogens is 242 g/mol. The normalized spacial score (nSPS) is 19.8. The van der Waals surface area contributed by atoms with Crippen LogP contribution in [0.2, 0.25) is 5.15 Å². The first-order chi connectivity index (χ1) is 8.20. The third-order valence-electron chi connectivity index (χ3n) is 2.43. The molecule has 1 aromatic rings. The molecule has 1 aromatic heterocycles. The molecule has 88 valence electrons. The Bertz CT molecular complexity index is 472. The molecule has 1 atom stereocenters. The number of aromatic nitrogens is 1. The molecule has 0 saturated carbocycles. The summed E-state index contributed by atoms with van der Waals surface area (Å²) in [4.78, 5) is 17.6. The summed E-state index contributed by atoms with van der Waals surface area (Å²) >= 11 is 5.72. The summed E-state index contributed by atoms with van der Waals surface area (Å²) in [6.07, 6.45) is -0.563. The van der Waals surface area contributed by atoms with Crippen molar-refractivity contribution >= 4 is 17.5 Å². The lowest BCUT2D eigenvalue weighted by atomic mass is 10.2. The van der Waals surface area contributed by atoms with Crippen LogP contribution in [0.3, 0.4) is 0 Å². The zero-order chi connectivity index (χ0) is 12.3. The van der Waals surface area contributed by atoms with Gasteiger partial charge < -0.3 is 9.64 Å². The maximum Gasteiger partial charge on any atom is 0.272 e. The molecule has 1 aliphatic rings. The SMILES string of the molecule is N#CC1CN(C(=O)c2cccc(Cl)n2)CCO1. The van der Waals surface area contributed by atoms with Gasteiger partial charge in [0.15, 0.2) is 6.10 Å². The molecule has 0 N–H and O–H groups in total. The number of hydrogen-bond acceptors (Lipinski definition) is 4. The molecule has 6 heteroatoms. The van der Waals surface area contributed by atoms with Gasteiger partial charge in [0.1, 0.15) is 10.8 Å². The molecule has 2 rings (SSSR count). The number of ether oxygens (including phenoxy) is 1. The van der Waals surface area contributed by atoms with Crippen LogP contribution in [-0.4, -0.2) is 41.6 Å². The van der Waals surface area contributed by atoms with Crippen LogP contribution in [0.4, 0.5) is 0 Å². The number of nitriles is 1. The van der Waals surface area contributed by atoms with Crippen molar-refractivity contribution in [2.45, 2.75) is 6.10 Å². The maximum atomic E-state index is 12.1. The van der Waals surface area contributed by atoms with Crippen molar-refractivity contribution in [2.24, 2.45) is 0 Å². The van der Waals surface area contributed by atoms with Crippen molar-refractivity contribution in [2.75, 3.05) is 19.7 Å². The second-order valence-electron chi connectivity index (χ2n) is 3.59. The van der Waals surface area contributed by atoms with E-state index in [1.165, 1.54) is 0 Å². The molecule has 0 bridgehead atoms. The largest absolute Gasteiger partial charge is 0.360 e. The van der Waals surface area contributed by atoms with Gasteiger partial charge in [0.25, 0.3) is 5.91 Å². The number of hydrogen-bond donors (Lipinski definition) is 0. The Morgan fingerprint density at radius 2 is 2.47 bits per heavy atom. The second-order valence-corrected chi connectivity index (χ2v) is 3.97. The number of carbonyl (C=O) groups excluding carboxylic acids is 1. The number of halogens is 1. The lowest BCUT2D eigenvalue weighted by molar-refractivity contribution is 0.00320.